The molecule has 2 unspecified atom stereocenters. The molecule has 2 N–H and O–H groups in total. The molecular formula is C14H23NO3. The van der Waals surface area contributed by atoms with E-state index in [0.29, 0.717) is 12.8 Å². The van der Waals surface area contributed by atoms with E-state index in [9.17, 15) is 14.7 Å². The van der Waals surface area contributed by atoms with Crippen molar-refractivity contribution >= 4 is 11.9 Å². The summed E-state index contributed by atoms with van der Waals surface area (Å²) in [4.78, 5) is 23.3. The lowest BCUT2D eigenvalue weighted by Crippen LogP contribution is -2.44. The molecule has 4 nitrogen and oxygen atoms in total. The number of rotatable bonds is 6. The highest BCUT2D eigenvalue weighted by molar-refractivity contribution is 5.81. The maximum absolute atomic E-state index is 12.0. The lowest BCUT2D eigenvalue weighted by molar-refractivity contribution is -0.149. The van der Waals surface area contributed by atoms with Gasteiger partial charge in [0.25, 0.3) is 0 Å². The van der Waals surface area contributed by atoms with E-state index in [0.717, 1.165) is 24.7 Å². The van der Waals surface area contributed by atoms with Crippen molar-refractivity contribution in [2.75, 3.05) is 6.54 Å². The van der Waals surface area contributed by atoms with Gasteiger partial charge in [0.1, 0.15) is 0 Å². The van der Waals surface area contributed by atoms with Gasteiger partial charge in [0.15, 0.2) is 0 Å². The van der Waals surface area contributed by atoms with Crippen LogP contribution in [0.25, 0.3) is 0 Å². The van der Waals surface area contributed by atoms with Crippen LogP contribution in [-0.4, -0.2) is 23.5 Å². The average Bonchev–Trinajstić information content (AvgIpc) is 2.97. The van der Waals surface area contributed by atoms with E-state index in [-0.39, 0.29) is 18.4 Å². The van der Waals surface area contributed by atoms with Gasteiger partial charge in [-0.05, 0) is 43.9 Å². The molecule has 2 atom stereocenters. The van der Waals surface area contributed by atoms with Crippen LogP contribution in [0.5, 0.6) is 0 Å². The van der Waals surface area contributed by atoms with Gasteiger partial charge < -0.3 is 10.4 Å². The highest BCUT2D eigenvalue weighted by atomic mass is 16.4. The normalized spacial score (nSPS) is 29.8. The molecule has 0 heterocycles. The highest BCUT2D eigenvalue weighted by Gasteiger charge is 2.48. The number of carbonyl (C=O) groups excluding carboxylic acids is 1. The monoisotopic (exact) mass is 253 g/mol. The van der Waals surface area contributed by atoms with Gasteiger partial charge in [-0.3, -0.25) is 9.59 Å². The smallest absolute Gasteiger partial charge is 0.311 e. The second-order valence-electron chi connectivity index (χ2n) is 5.93. The Kier molecular flexibility index (Phi) is 3.64. The summed E-state index contributed by atoms with van der Waals surface area (Å²) in [7, 11) is 0. The fraction of sp³-hybridized carbons (Fsp3) is 0.857. The van der Waals surface area contributed by atoms with Gasteiger partial charge in [-0.2, -0.15) is 0 Å². The van der Waals surface area contributed by atoms with Crippen LogP contribution in [0.4, 0.5) is 0 Å². The lowest BCUT2D eigenvalue weighted by Gasteiger charge is -2.27. The van der Waals surface area contributed by atoms with Crippen LogP contribution in [0.15, 0.2) is 0 Å². The maximum atomic E-state index is 12.0. The first kappa shape index (κ1) is 13.4. The number of carbonyl (C=O) groups is 2. The number of aliphatic carboxylic acids is 1. The predicted octanol–water partition coefficient (Wildman–Crippen LogP) is 2.04. The molecule has 1 amide bonds. The number of amides is 1. The van der Waals surface area contributed by atoms with Crippen LogP contribution >= 0.6 is 0 Å². The number of hydrogen-bond acceptors (Lipinski definition) is 2. The molecule has 102 valence electrons. The first-order valence-corrected chi connectivity index (χ1v) is 7.03. The van der Waals surface area contributed by atoms with Gasteiger partial charge >= 0.3 is 5.97 Å². The third-order valence-electron chi connectivity index (χ3n) is 5.02. The van der Waals surface area contributed by atoms with Crippen molar-refractivity contribution in [1.29, 1.82) is 0 Å². The summed E-state index contributed by atoms with van der Waals surface area (Å²) in [5, 5.41) is 12.2. The quantitative estimate of drug-likeness (QED) is 0.761. The van der Waals surface area contributed by atoms with Crippen LogP contribution in [0.1, 0.15) is 46.0 Å². The second-order valence-corrected chi connectivity index (χ2v) is 5.93. The van der Waals surface area contributed by atoms with Crippen molar-refractivity contribution in [2.24, 2.45) is 23.2 Å². The minimum Gasteiger partial charge on any atom is -0.481 e. The Labute approximate surface area is 108 Å². The van der Waals surface area contributed by atoms with Gasteiger partial charge in [-0.1, -0.05) is 13.8 Å². The Bertz CT molecular complexity index is 339. The van der Waals surface area contributed by atoms with E-state index in [1.165, 1.54) is 6.42 Å². The Hall–Kier alpha value is -1.06. The van der Waals surface area contributed by atoms with Crippen LogP contribution in [0.3, 0.4) is 0 Å². The zero-order valence-electron chi connectivity index (χ0n) is 11.2. The summed E-state index contributed by atoms with van der Waals surface area (Å²) in [6.45, 7) is 4.00. The Morgan fingerprint density at radius 2 is 1.72 bits per heavy atom. The fourth-order valence-corrected chi connectivity index (χ4v) is 3.21. The van der Waals surface area contributed by atoms with Gasteiger partial charge in [0, 0.05) is 12.5 Å². The first-order valence-electron chi connectivity index (χ1n) is 7.03. The molecule has 0 saturated heterocycles. The van der Waals surface area contributed by atoms with Gasteiger partial charge in [-0.25, -0.2) is 0 Å². The first-order chi connectivity index (χ1) is 8.52. The molecule has 2 rings (SSSR count). The van der Waals surface area contributed by atoms with Crippen molar-refractivity contribution in [3.63, 3.8) is 0 Å². The third-order valence-corrected chi connectivity index (χ3v) is 5.02. The van der Waals surface area contributed by atoms with E-state index >= 15 is 0 Å². The maximum Gasteiger partial charge on any atom is 0.311 e. The molecule has 2 saturated carbocycles. The number of carboxylic acid groups (broad SMARTS) is 1. The molecule has 0 aliphatic heterocycles. The third kappa shape index (κ3) is 2.38. The molecule has 2 aliphatic rings. The molecule has 0 spiro atoms. The zero-order chi connectivity index (χ0) is 13.3. The van der Waals surface area contributed by atoms with Gasteiger partial charge in [-0.15, -0.1) is 0 Å². The highest BCUT2D eigenvalue weighted by Crippen LogP contribution is 2.54. The molecule has 4 heteroatoms. The largest absolute Gasteiger partial charge is 0.481 e. The van der Waals surface area contributed by atoms with E-state index in [4.69, 9.17) is 0 Å². The van der Waals surface area contributed by atoms with Gasteiger partial charge in [0.05, 0.1) is 5.41 Å². The molecule has 0 aromatic carbocycles. The van der Waals surface area contributed by atoms with E-state index < -0.39 is 11.4 Å². The van der Waals surface area contributed by atoms with E-state index in [1.54, 1.807) is 0 Å². The zero-order valence-corrected chi connectivity index (χ0v) is 11.2. The second kappa shape index (κ2) is 4.90. The fourth-order valence-electron chi connectivity index (χ4n) is 3.21. The van der Waals surface area contributed by atoms with Crippen molar-refractivity contribution in [3.8, 4) is 0 Å². The lowest BCUT2D eigenvalue weighted by atomic mass is 9.82. The topological polar surface area (TPSA) is 66.4 Å². The molecule has 0 aromatic heterocycles. The molecule has 2 fully saturated rings. The van der Waals surface area contributed by atoms with E-state index in [2.05, 4.69) is 5.32 Å². The van der Waals surface area contributed by atoms with Crippen LogP contribution < -0.4 is 5.32 Å². The van der Waals surface area contributed by atoms with Crippen LogP contribution in [-0.2, 0) is 9.59 Å². The van der Waals surface area contributed by atoms with E-state index in [1.807, 2.05) is 13.8 Å². The van der Waals surface area contributed by atoms with Crippen LogP contribution in [0, 0.1) is 23.2 Å². The summed E-state index contributed by atoms with van der Waals surface area (Å²) in [5.41, 5.74) is -0.794. The summed E-state index contributed by atoms with van der Waals surface area (Å²) in [6, 6.07) is 0. The van der Waals surface area contributed by atoms with Gasteiger partial charge in [0.2, 0.25) is 5.91 Å². The number of nitrogens with one attached hydrogen (secondary N) is 1. The summed E-state index contributed by atoms with van der Waals surface area (Å²) >= 11 is 0. The molecule has 0 aromatic rings. The molecule has 18 heavy (non-hydrogen) atoms. The minimum absolute atomic E-state index is 0.0646. The minimum atomic E-state index is -0.804. The summed E-state index contributed by atoms with van der Waals surface area (Å²) in [5.74, 6) is 0.954. The van der Waals surface area contributed by atoms with Crippen LogP contribution in [0.2, 0.25) is 0 Å². The summed E-state index contributed by atoms with van der Waals surface area (Å²) in [6.07, 6.45) is 4.42. The summed E-state index contributed by atoms with van der Waals surface area (Å²) < 4.78 is 0. The SMILES string of the molecule is CCC(CC)(CNC(=O)C1CC2CC2C1)C(=O)O. The van der Waals surface area contributed by atoms with Crippen molar-refractivity contribution in [2.45, 2.75) is 46.0 Å². The van der Waals surface area contributed by atoms with Crippen molar-refractivity contribution in [3.05, 3.63) is 0 Å². The Morgan fingerprint density at radius 3 is 2.17 bits per heavy atom. The number of fused-ring (bicyclic) bond motifs is 1. The Morgan fingerprint density at radius 1 is 1.17 bits per heavy atom. The van der Waals surface area contributed by atoms with Crippen molar-refractivity contribution < 1.29 is 14.7 Å². The Balaban J connectivity index is 1.85. The predicted molar refractivity (Wildman–Crippen MR) is 68.0 cm³/mol. The molecule has 0 radical (unpaired) electrons. The molecule has 0 bridgehead atoms. The number of hydrogen-bond donors (Lipinski definition) is 2. The number of carboxylic acids is 1. The van der Waals surface area contributed by atoms with Crippen molar-refractivity contribution in [1.82, 2.24) is 5.32 Å². The average molecular weight is 253 g/mol. The standard InChI is InChI=1S/C14H23NO3/c1-3-14(4-2,13(17)18)8-15-12(16)11-6-9-5-10(9)7-11/h9-11H,3-8H2,1-2H3,(H,15,16)(H,17,18). The molecular weight excluding hydrogens is 230 g/mol. The molecule has 2 aliphatic carbocycles.